The molecule has 1 aromatic heterocycles. The Bertz CT molecular complexity index is 365. The second-order valence-electron chi connectivity index (χ2n) is 4.02. The van der Waals surface area contributed by atoms with Gasteiger partial charge in [0.2, 0.25) is 0 Å². The lowest BCUT2D eigenvalue weighted by molar-refractivity contribution is 0.0532. The second-order valence-corrected chi connectivity index (χ2v) is 4.83. The van der Waals surface area contributed by atoms with Crippen LogP contribution in [-0.4, -0.2) is 42.1 Å². The number of likely N-dealkylation sites (N-methyl/N-ethyl adjacent to an activating group) is 1. The topological polar surface area (TPSA) is 42.4 Å². The highest BCUT2D eigenvalue weighted by molar-refractivity contribution is 9.10. The highest BCUT2D eigenvalue weighted by Gasteiger charge is 2.11. The smallest absolute Gasteiger partial charge is 0.255 e. The van der Waals surface area contributed by atoms with Crippen LogP contribution in [0.5, 0.6) is 0 Å². The second kappa shape index (κ2) is 6.71. The van der Waals surface area contributed by atoms with Gasteiger partial charge in [-0.15, -0.1) is 0 Å². The van der Waals surface area contributed by atoms with Crippen LogP contribution in [0.1, 0.15) is 24.2 Å². The molecule has 0 aliphatic rings. The van der Waals surface area contributed by atoms with Crippen LogP contribution in [-0.2, 0) is 4.74 Å². The summed E-state index contributed by atoms with van der Waals surface area (Å²) < 4.78 is 6.12. The van der Waals surface area contributed by atoms with Gasteiger partial charge in [0, 0.05) is 19.8 Å². The van der Waals surface area contributed by atoms with Gasteiger partial charge in [0.15, 0.2) is 0 Å². The van der Waals surface area contributed by atoms with Crippen molar-refractivity contribution < 1.29 is 9.53 Å². The molecule has 17 heavy (non-hydrogen) atoms. The van der Waals surface area contributed by atoms with Gasteiger partial charge < -0.3 is 9.64 Å². The zero-order valence-electron chi connectivity index (χ0n) is 10.3. The predicted molar refractivity (Wildman–Crippen MR) is 70.0 cm³/mol. The minimum absolute atomic E-state index is 0.0441. The van der Waals surface area contributed by atoms with Crippen molar-refractivity contribution in [2.24, 2.45) is 0 Å². The number of hydrogen-bond donors (Lipinski definition) is 0. The molecule has 0 bridgehead atoms. The van der Waals surface area contributed by atoms with Gasteiger partial charge in [-0.05, 0) is 41.9 Å². The first-order valence-corrected chi connectivity index (χ1v) is 6.28. The summed E-state index contributed by atoms with van der Waals surface area (Å²) in [5, 5.41) is 0. The Kier molecular flexibility index (Phi) is 5.58. The van der Waals surface area contributed by atoms with E-state index in [1.54, 1.807) is 30.3 Å². The number of amides is 1. The molecular weight excluding hydrogens is 284 g/mol. The van der Waals surface area contributed by atoms with Gasteiger partial charge in [-0.25, -0.2) is 4.98 Å². The van der Waals surface area contributed by atoms with Crippen molar-refractivity contribution in [1.82, 2.24) is 9.88 Å². The van der Waals surface area contributed by atoms with Crippen LogP contribution in [0.2, 0.25) is 0 Å². The van der Waals surface area contributed by atoms with E-state index in [4.69, 9.17) is 4.74 Å². The van der Waals surface area contributed by atoms with E-state index in [1.165, 1.54) is 0 Å². The minimum Gasteiger partial charge on any atom is -0.377 e. The molecule has 0 spiro atoms. The summed E-state index contributed by atoms with van der Waals surface area (Å²) in [6, 6.07) is 3.50. The Labute approximate surface area is 110 Å². The maximum absolute atomic E-state index is 11.9. The molecule has 94 valence electrons. The number of halogens is 1. The van der Waals surface area contributed by atoms with Crippen molar-refractivity contribution in [2.45, 2.75) is 20.0 Å². The van der Waals surface area contributed by atoms with Crippen molar-refractivity contribution in [1.29, 1.82) is 0 Å². The fourth-order valence-corrected chi connectivity index (χ4v) is 1.48. The number of aromatic nitrogens is 1. The molecule has 0 saturated heterocycles. The number of hydrogen-bond acceptors (Lipinski definition) is 3. The van der Waals surface area contributed by atoms with Gasteiger partial charge in [-0.1, -0.05) is 0 Å². The van der Waals surface area contributed by atoms with Gasteiger partial charge >= 0.3 is 0 Å². The average Bonchev–Trinajstić information content (AvgIpc) is 2.28. The van der Waals surface area contributed by atoms with Crippen molar-refractivity contribution in [3.05, 3.63) is 28.5 Å². The fourth-order valence-electron chi connectivity index (χ4n) is 1.25. The van der Waals surface area contributed by atoms with Gasteiger partial charge in [0.1, 0.15) is 4.60 Å². The maximum atomic E-state index is 11.9. The van der Waals surface area contributed by atoms with Crippen LogP contribution in [0.4, 0.5) is 0 Å². The first-order chi connectivity index (χ1) is 8.00. The molecule has 0 aromatic carbocycles. The fraction of sp³-hybridized carbons (Fsp3) is 0.500. The molecule has 0 aliphatic carbocycles. The molecule has 0 unspecified atom stereocenters. The van der Waals surface area contributed by atoms with Crippen LogP contribution in [0.25, 0.3) is 0 Å². The van der Waals surface area contributed by atoms with E-state index in [2.05, 4.69) is 20.9 Å². The molecule has 0 fully saturated rings. The van der Waals surface area contributed by atoms with Crippen LogP contribution < -0.4 is 0 Å². The zero-order chi connectivity index (χ0) is 12.8. The molecule has 0 atom stereocenters. The third-order valence-corrected chi connectivity index (χ3v) is 2.67. The molecule has 5 heteroatoms. The summed E-state index contributed by atoms with van der Waals surface area (Å²) in [6.45, 7) is 5.07. The Balaban J connectivity index is 2.49. The maximum Gasteiger partial charge on any atom is 0.255 e. The van der Waals surface area contributed by atoms with E-state index in [1.807, 2.05) is 13.8 Å². The molecular formula is C12H17BrN2O2. The van der Waals surface area contributed by atoms with Crippen molar-refractivity contribution >= 4 is 21.8 Å². The molecule has 1 amide bonds. The third-order valence-electron chi connectivity index (χ3n) is 2.20. The lowest BCUT2D eigenvalue weighted by atomic mass is 10.2. The summed E-state index contributed by atoms with van der Waals surface area (Å²) in [7, 11) is 1.76. The van der Waals surface area contributed by atoms with Gasteiger partial charge in [0.05, 0.1) is 18.3 Å². The number of carbonyl (C=O) groups is 1. The van der Waals surface area contributed by atoms with Crippen LogP contribution >= 0.6 is 15.9 Å². The van der Waals surface area contributed by atoms with E-state index >= 15 is 0 Å². The zero-order valence-corrected chi connectivity index (χ0v) is 11.9. The summed E-state index contributed by atoms with van der Waals surface area (Å²) in [4.78, 5) is 17.6. The number of ether oxygens (including phenoxy) is 1. The summed E-state index contributed by atoms with van der Waals surface area (Å²) in [6.07, 6.45) is 1.75. The van der Waals surface area contributed by atoms with E-state index in [9.17, 15) is 4.79 Å². The quantitative estimate of drug-likeness (QED) is 0.784. The van der Waals surface area contributed by atoms with Gasteiger partial charge in [-0.3, -0.25) is 4.79 Å². The van der Waals surface area contributed by atoms with Crippen molar-refractivity contribution in [2.75, 3.05) is 20.2 Å². The Morgan fingerprint density at radius 3 is 2.76 bits per heavy atom. The molecule has 1 heterocycles. The SMILES string of the molecule is CC(C)OCCN(C)C(=O)c1ccc(Br)nc1. The first-order valence-electron chi connectivity index (χ1n) is 5.49. The summed E-state index contributed by atoms with van der Waals surface area (Å²) >= 11 is 3.23. The molecule has 1 rings (SSSR count). The lowest BCUT2D eigenvalue weighted by Crippen LogP contribution is -2.30. The Morgan fingerprint density at radius 2 is 2.24 bits per heavy atom. The van der Waals surface area contributed by atoms with E-state index < -0.39 is 0 Å². The van der Waals surface area contributed by atoms with E-state index in [0.717, 1.165) is 4.60 Å². The molecule has 0 N–H and O–H groups in total. The van der Waals surface area contributed by atoms with E-state index in [-0.39, 0.29) is 12.0 Å². The first kappa shape index (κ1) is 14.1. The number of pyridine rings is 1. The average molecular weight is 301 g/mol. The van der Waals surface area contributed by atoms with Crippen LogP contribution in [0, 0.1) is 0 Å². The van der Waals surface area contributed by atoms with Crippen LogP contribution in [0.15, 0.2) is 22.9 Å². The minimum atomic E-state index is -0.0441. The molecule has 1 aromatic rings. The Hall–Kier alpha value is -0.940. The van der Waals surface area contributed by atoms with Gasteiger partial charge in [-0.2, -0.15) is 0 Å². The number of nitrogens with zero attached hydrogens (tertiary/aromatic N) is 2. The van der Waals surface area contributed by atoms with E-state index in [0.29, 0.717) is 18.7 Å². The molecule has 0 aliphatic heterocycles. The predicted octanol–water partition coefficient (Wildman–Crippen LogP) is 2.34. The molecule has 4 nitrogen and oxygen atoms in total. The Morgan fingerprint density at radius 1 is 1.53 bits per heavy atom. The highest BCUT2D eigenvalue weighted by atomic mass is 79.9. The van der Waals surface area contributed by atoms with Gasteiger partial charge in [0.25, 0.3) is 5.91 Å². The number of carbonyl (C=O) groups excluding carboxylic acids is 1. The molecule has 0 radical (unpaired) electrons. The summed E-state index contributed by atoms with van der Waals surface area (Å²) in [5.41, 5.74) is 0.584. The van der Waals surface area contributed by atoms with Crippen molar-refractivity contribution in [3.8, 4) is 0 Å². The van der Waals surface area contributed by atoms with Crippen LogP contribution in [0.3, 0.4) is 0 Å². The standard InChI is InChI=1S/C12H17BrN2O2/c1-9(2)17-7-6-15(3)12(16)10-4-5-11(13)14-8-10/h4-5,8-9H,6-7H2,1-3H3. The lowest BCUT2D eigenvalue weighted by Gasteiger charge is -2.18. The largest absolute Gasteiger partial charge is 0.377 e. The number of rotatable bonds is 5. The highest BCUT2D eigenvalue weighted by Crippen LogP contribution is 2.08. The molecule has 0 saturated carbocycles. The third kappa shape index (κ3) is 4.83. The normalized spacial score (nSPS) is 10.6. The summed E-state index contributed by atoms with van der Waals surface area (Å²) in [5.74, 6) is -0.0441. The van der Waals surface area contributed by atoms with Crippen molar-refractivity contribution in [3.63, 3.8) is 0 Å². The monoisotopic (exact) mass is 300 g/mol.